The fraction of sp³-hybridized carbons (Fsp3) is 0.500. The Bertz CT molecular complexity index is 1010. The summed E-state index contributed by atoms with van der Waals surface area (Å²) in [6, 6.07) is 5.83. The third-order valence-electron chi connectivity index (χ3n) is 5.43. The Morgan fingerprint density at radius 3 is 2.52 bits per heavy atom. The summed E-state index contributed by atoms with van der Waals surface area (Å²) in [5.41, 5.74) is 5.76. The molecule has 0 aliphatic carbocycles. The summed E-state index contributed by atoms with van der Waals surface area (Å²) < 4.78 is 41.4. The normalized spacial score (nSPS) is 14.2. The highest BCUT2D eigenvalue weighted by atomic mass is 19.4. The number of anilines is 1. The van der Waals surface area contributed by atoms with E-state index in [0.717, 1.165) is 12.5 Å². The van der Waals surface area contributed by atoms with Gasteiger partial charge in [0.05, 0.1) is 11.3 Å². The van der Waals surface area contributed by atoms with Gasteiger partial charge in [-0.05, 0) is 56.4 Å². The number of hydrogen-bond donors (Lipinski definition) is 2. The first-order valence-electron chi connectivity index (χ1n) is 10.5. The number of nitrogens with zero attached hydrogens (tertiary/aromatic N) is 4. The van der Waals surface area contributed by atoms with Gasteiger partial charge in [-0.1, -0.05) is 13.8 Å². The maximum absolute atomic E-state index is 13.8. The third-order valence-corrected chi connectivity index (χ3v) is 5.43. The predicted molar refractivity (Wildman–Crippen MR) is 117 cm³/mol. The highest BCUT2D eigenvalue weighted by molar-refractivity contribution is 5.90. The van der Waals surface area contributed by atoms with Crippen molar-refractivity contribution in [2.24, 2.45) is 17.6 Å². The maximum Gasteiger partial charge on any atom is 0.418 e. The van der Waals surface area contributed by atoms with Crippen LogP contribution in [-0.2, 0) is 6.18 Å². The largest absolute Gasteiger partial charge is 0.418 e. The van der Waals surface area contributed by atoms with Crippen LogP contribution in [0.1, 0.15) is 39.7 Å². The number of aromatic nitrogens is 4. The predicted octanol–water partition coefficient (Wildman–Crippen LogP) is 4.87. The average molecular weight is 435 g/mol. The first-order chi connectivity index (χ1) is 14.6. The summed E-state index contributed by atoms with van der Waals surface area (Å²) in [6.07, 6.45) is -2.08. The molecular weight excluding hydrogens is 405 g/mol. The van der Waals surface area contributed by atoms with Crippen LogP contribution in [0.25, 0.3) is 22.4 Å². The molecule has 0 radical (unpaired) electrons. The van der Waals surface area contributed by atoms with E-state index < -0.39 is 11.7 Å². The van der Waals surface area contributed by atoms with E-state index >= 15 is 0 Å². The maximum atomic E-state index is 13.8. The molecule has 3 N–H and O–H groups in total. The van der Waals surface area contributed by atoms with E-state index in [2.05, 4.69) is 34.0 Å². The van der Waals surface area contributed by atoms with Gasteiger partial charge in [0.25, 0.3) is 0 Å². The molecule has 0 aromatic carbocycles. The Morgan fingerprint density at radius 2 is 1.90 bits per heavy atom. The number of H-pyrrole nitrogens is 1. The van der Waals surface area contributed by atoms with Crippen molar-refractivity contribution in [1.82, 2.24) is 20.2 Å². The van der Waals surface area contributed by atoms with Gasteiger partial charge in [0, 0.05) is 30.7 Å². The summed E-state index contributed by atoms with van der Waals surface area (Å²) in [5.74, 6) is 1.14. The Hall–Kier alpha value is -2.68. The van der Waals surface area contributed by atoms with Crippen LogP contribution in [0, 0.1) is 11.8 Å². The zero-order chi connectivity index (χ0) is 22.8. The van der Waals surface area contributed by atoms with Gasteiger partial charge in [-0.25, -0.2) is 9.97 Å². The topological polar surface area (TPSA) is 83.7 Å². The summed E-state index contributed by atoms with van der Waals surface area (Å²) in [7, 11) is 0. The number of rotatable bonds is 8. The van der Waals surface area contributed by atoms with Crippen LogP contribution in [-0.4, -0.2) is 39.3 Å². The smallest absolute Gasteiger partial charge is 0.357 e. The number of hydrogen-bond acceptors (Lipinski definition) is 5. The van der Waals surface area contributed by atoms with Crippen LogP contribution in [0.15, 0.2) is 30.5 Å². The first-order valence-corrected chi connectivity index (χ1v) is 10.5. The number of fused-ring (bicyclic) bond motifs is 1. The van der Waals surface area contributed by atoms with Gasteiger partial charge in [0.2, 0.25) is 0 Å². The van der Waals surface area contributed by atoms with Crippen molar-refractivity contribution in [3.8, 4) is 11.4 Å². The number of halogens is 3. The molecular formula is C22H29F3N6. The van der Waals surface area contributed by atoms with Crippen molar-refractivity contribution in [3.63, 3.8) is 0 Å². The highest BCUT2D eigenvalue weighted by Gasteiger charge is 2.36. The second-order valence-electron chi connectivity index (χ2n) is 8.32. The van der Waals surface area contributed by atoms with Crippen LogP contribution in [0.4, 0.5) is 19.0 Å². The number of nitrogens with two attached hydrogens (primary N) is 1. The number of pyridine rings is 2. The molecule has 0 aliphatic heterocycles. The lowest BCUT2D eigenvalue weighted by Crippen LogP contribution is -2.39. The van der Waals surface area contributed by atoms with Crippen molar-refractivity contribution in [2.75, 3.05) is 18.0 Å². The van der Waals surface area contributed by atoms with Crippen LogP contribution in [0.5, 0.6) is 0 Å². The van der Waals surface area contributed by atoms with Crippen molar-refractivity contribution in [2.45, 2.75) is 46.3 Å². The molecule has 0 spiro atoms. The van der Waals surface area contributed by atoms with E-state index in [4.69, 9.17) is 5.73 Å². The summed E-state index contributed by atoms with van der Waals surface area (Å²) in [6.45, 7) is 9.42. The van der Waals surface area contributed by atoms with Gasteiger partial charge in [-0.15, -0.1) is 0 Å². The molecule has 0 saturated heterocycles. The van der Waals surface area contributed by atoms with Gasteiger partial charge in [-0.3, -0.25) is 5.10 Å². The Labute approximate surface area is 180 Å². The molecule has 9 heteroatoms. The number of nitrogens with one attached hydrogen (secondary N) is 1. The van der Waals surface area contributed by atoms with E-state index in [1.165, 1.54) is 6.07 Å². The quantitative estimate of drug-likeness (QED) is 0.528. The molecule has 3 heterocycles. The van der Waals surface area contributed by atoms with Crippen molar-refractivity contribution in [1.29, 1.82) is 0 Å². The lowest BCUT2D eigenvalue weighted by atomic mass is 9.91. The highest BCUT2D eigenvalue weighted by Crippen LogP contribution is 2.38. The summed E-state index contributed by atoms with van der Waals surface area (Å²) in [4.78, 5) is 10.5. The number of aromatic amines is 1. The number of alkyl halides is 3. The van der Waals surface area contributed by atoms with E-state index in [1.54, 1.807) is 18.3 Å². The fourth-order valence-corrected chi connectivity index (χ4v) is 3.80. The van der Waals surface area contributed by atoms with Crippen LogP contribution >= 0.6 is 0 Å². The average Bonchev–Trinajstić information content (AvgIpc) is 3.13. The second-order valence-corrected chi connectivity index (χ2v) is 8.32. The van der Waals surface area contributed by atoms with Crippen LogP contribution < -0.4 is 10.6 Å². The van der Waals surface area contributed by atoms with Gasteiger partial charge in [0.15, 0.2) is 5.65 Å². The van der Waals surface area contributed by atoms with E-state index in [9.17, 15) is 13.2 Å². The van der Waals surface area contributed by atoms with Gasteiger partial charge >= 0.3 is 6.18 Å². The van der Waals surface area contributed by atoms with Crippen molar-refractivity contribution >= 4 is 16.9 Å². The Balaban J connectivity index is 2.07. The van der Waals surface area contributed by atoms with E-state index in [0.29, 0.717) is 35.9 Å². The van der Waals surface area contributed by atoms with Crippen molar-refractivity contribution < 1.29 is 13.2 Å². The zero-order valence-corrected chi connectivity index (χ0v) is 18.2. The van der Waals surface area contributed by atoms with Crippen LogP contribution in [0.3, 0.4) is 0 Å². The SMILES string of the molecule is CCN(C[C@H](CC(C)C)[C@@H](C)N)c1ccc(C(F)(F)F)c(-c2[nH]nc3ncccc23)n1. The lowest BCUT2D eigenvalue weighted by Gasteiger charge is -2.31. The monoisotopic (exact) mass is 434 g/mol. The molecule has 0 bridgehead atoms. The van der Waals surface area contributed by atoms with Gasteiger partial charge in [-0.2, -0.15) is 18.3 Å². The fourth-order valence-electron chi connectivity index (χ4n) is 3.80. The molecule has 3 rings (SSSR count). The molecule has 0 saturated carbocycles. The molecule has 3 aromatic heterocycles. The molecule has 31 heavy (non-hydrogen) atoms. The molecule has 168 valence electrons. The lowest BCUT2D eigenvalue weighted by molar-refractivity contribution is -0.137. The van der Waals surface area contributed by atoms with Gasteiger partial charge in [0.1, 0.15) is 11.5 Å². The molecule has 3 aromatic rings. The minimum Gasteiger partial charge on any atom is -0.357 e. The molecule has 2 atom stereocenters. The zero-order valence-electron chi connectivity index (χ0n) is 18.2. The minimum atomic E-state index is -4.55. The standard InChI is InChI=1S/C22H29F3N6/c1-5-31(12-15(14(4)26)11-13(2)3)18-9-8-17(22(23,24)25)20(28-18)19-16-7-6-10-27-21(16)30-29-19/h6-10,13-15H,5,11-12,26H2,1-4H3,(H,27,29,30)/t14-,15+/m1/s1. The first kappa shape index (κ1) is 23.0. The summed E-state index contributed by atoms with van der Waals surface area (Å²) >= 11 is 0. The molecule has 6 nitrogen and oxygen atoms in total. The Kier molecular flexibility index (Phi) is 6.83. The molecule has 0 unspecified atom stereocenters. The molecule has 0 amide bonds. The molecule has 0 fully saturated rings. The third kappa shape index (κ3) is 5.15. The summed E-state index contributed by atoms with van der Waals surface area (Å²) in [5, 5.41) is 7.24. The van der Waals surface area contributed by atoms with E-state index in [-0.39, 0.29) is 23.3 Å². The molecule has 0 aliphatic rings. The van der Waals surface area contributed by atoms with Crippen LogP contribution in [0.2, 0.25) is 0 Å². The van der Waals surface area contributed by atoms with Crippen molar-refractivity contribution in [3.05, 3.63) is 36.0 Å². The second kappa shape index (κ2) is 9.21. The Morgan fingerprint density at radius 1 is 1.16 bits per heavy atom. The van der Waals surface area contributed by atoms with E-state index in [1.807, 2.05) is 18.7 Å². The van der Waals surface area contributed by atoms with Gasteiger partial charge < -0.3 is 10.6 Å². The minimum absolute atomic E-state index is 0.0343.